The van der Waals surface area contributed by atoms with Gasteiger partial charge in [-0.05, 0) is 51.4 Å². The zero-order chi connectivity index (χ0) is 61.1. The van der Waals surface area contributed by atoms with Gasteiger partial charge in [0.15, 0.2) is 0 Å². The molecule has 0 rings (SSSR count). The van der Waals surface area contributed by atoms with Gasteiger partial charge in [0.1, 0.15) is 0 Å². The molecule has 0 saturated heterocycles. The van der Waals surface area contributed by atoms with Crippen LogP contribution in [0.1, 0.15) is 464 Å². The molecule has 0 aromatic heterocycles. The third-order valence-electron chi connectivity index (χ3n) is 19.9. The Balaban J connectivity index is 5.66. The van der Waals surface area contributed by atoms with E-state index in [1.54, 1.807) is 0 Å². The minimum absolute atomic E-state index is 0.299. The highest BCUT2D eigenvalue weighted by atomic mass is 16.4. The number of aliphatic carboxylic acids is 2. The monoisotopic (exact) mass is 1180 g/mol. The molecule has 0 atom stereocenters. The van der Waals surface area contributed by atoms with Crippen molar-refractivity contribution in [2.24, 2.45) is 10.8 Å². The molecule has 2 N–H and O–H groups in total. The maximum Gasteiger partial charge on any atom is 0.311 e. The van der Waals surface area contributed by atoms with Crippen LogP contribution in [0.15, 0.2) is 24.3 Å². The first-order chi connectivity index (χ1) is 41.4. The lowest BCUT2D eigenvalue weighted by atomic mass is 9.55. The molecule has 4 heteroatoms. The quantitative estimate of drug-likeness (QED) is 0.0470. The summed E-state index contributed by atoms with van der Waals surface area (Å²) in [5.41, 5.74) is -2.68. The summed E-state index contributed by atoms with van der Waals surface area (Å²) < 4.78 is 0. The third kappa shape index (κ3) is 51.3. The van der Waals surface area contributed by atoms with Gasteiger partial charge in [-0.2, -0.15) is 0 Å². The van der Waals surface area contributed by atoms with Crippen LogP contribution in [0, 0.1) is 10.8 Å². The van der Waals surface area contributed by atoms with Crippen LogP contribution < -0.4 is 0 Å². The van der Waals surface area contributed by atoms with Gasteiger partial charge in [-0.15, -0.1) is 0 Å². The van der Waals surface area contributed by atoms with Crippen molar-refractivity contribution in [3.8, 4) is 0 Å². The van der Waals surface area contributed by atoms with Gasteiger partial charge in [0.25, 0.3) is 0 Å². The van der Waals surface area contributed by atoms with Gasteiger partial charge < -0.3 is 10.2 Å². The Morgan fingerprint density at radius 2 is 0.369 bits per heavy atom. The lowest BCUT2D eigenvalue weighted by molar-refractivity contribution is -0.176. The Kier molecular flexibility index (Phi) is 66.1. The van der Waals surface area contributed by atoms with Gasteiger partial charge in [0.05, 0.1) is 10.8 Å². The van der Waals surface area contributed by atoms with Crippen molar-refractivity contribution in [2.75, 3.05) is 0 Å². The lowest BCUT2D eigenvalue weighted by Gasteiger charge is -2.45. The number of carboxylic acid groups (broad SMARTS) is 2. The Hall–Kier alpha value is -1.58. The van der Waals surface area contributed by atoms with Crippen LogP contribution in [0.4, 0.5) is 0 Å². The summed E-state index contributed by atoms with van der Waals surface area (Å²) in [4.78, 5) is 28.4. The number of allylic oxidation sites excluding steroid dienone is 4. The molecular formula is C80H154O4. The van der Waals surface area contributed by atoms with E-state index in [2.05, 4.69) is 52.0 Å². The van der Waals surface area contributed by atoms with Crippen LogP contribution in [-0.4, -0.2) is 22.2 Å². The number of hydrogen-bond donors (Lipinski definition) is 2. The van der Waals surface area contributed by atoms with Crippen LogP contribution in [-0.2, 0) is 9.59 Å². The van der Waals surface area contributed by atoms with Gasteiger partial charge in [-0.1, -0.05) is 437 Å². The normalized spacial score (nSPS) is 12.3. The Morgan fingerprint density at radius 3 is 0.536 bits per heavy atom. The maximum atomic E-state index is 14.2. The molecule has 0 unspecified atom stereocenters. The Morgan fingerprint density at radius 1 is 0.214 bits per heavy atom. The number of rotatable bonds is 73. The molecule has 0 fully saturated rings. The van der Waals surface area contributed by atoms with Crippen molar-refractivity contribution < 1.29 is 19.8 Å². The molecule has 0 heterocycles. The fraction of sp³-hybridized carbons (Fsp3) is 0.925. The molecule has 498 valence electrons. The van der Waals surface area contributed by atoms with Crippen molar-refractivity contribution in [1.29, 1.82) is 0 Å². The summed E-state index contributed by atoms with van der Waals surface area (Å²) in [6, 6.07) is 0. The largest absolute Gasteiger partial charge is 0.481 e. The fourth-order valence-electron chi connectivity index (χ4n) is 13.9. The zero-order valence-corrected chi connectivity index (χ0v) is 58.1. The van der Waals surface area contributed by atoms with Gasteiger partial charge in [-0.25, -0.2) is 0 Å². The van der Waals surface area contributed by atoms with E-state index in [1.807, 2.05) is 0 Å². The van der Waals surface area contributed by atoms with Gasteiger partial charge in [-0.3, -0.25) is 9.59 Å². The Labute approximate surface area is 528 Å². The number of carbonyl (C=O) groups is 2. The molecule has 0 aliphatic rings. The van der Waals surface area contributed by atoms with E-state index in [1.165, 1.54) is 347 Å². The van der Waals surface area contributed by atoms with Crippen molar-refractivity contribution in [2.45, 2.75) is 464 Å². The first-order valence-corrected chi connectivity index (χ1v) is 39.1. The molecule has 0 aliphatic heterocycles. The van der Waals surface area contributed by atoms with Crippen molar-refractivity contribution in [1.82, 2.24) is 0 Å². The summed E-state index contributed by atoms with van der Waals surface area (Å²) in [6.45, 7) is 9.17. The molecule has 0 radical (unpaired) electrons. The van der Waals surface area contributed by atoms with Crippen LogP contribution in [0.25, 0.3) is 0 Å². The first-order valence-electron chi connectivity index (χ1n) is 39.1. The molecule has 0 aliphatic carbocycles. The number of carboxylic acids is 2. The molecule has 0 amide bonds. The summed E-state index contributed by atoms with van der Waals surface area (Å²) in [6.07, 6.45) is 93.4. The van der Waals surface area contributed by atoms with E-state index in [0.717, 1.165) is 64.2 Å². The minimum atomic E-state index is -1.37. The standard InChI is InChI=1S/C80H154O4/c1-5-9-13-17-21-25-29-33-37-39-41-43-45-47-51-55-59-63-67-71-75-80(78(83)84,76-72-68-64-60-56-52-48-46-44-42-40-38-34-30-26-22-18-14-10-6-2)79(77(81)82,73-69-65-61-57-53-49-35-31-27-23-19-15-11-7-3)74-70-66-62-58-54-50-36-32-28-24-20-16-12-8-4/h65-66,69-70H,5-64,67-68,71-76H2,1-4H3,(H,81,82)(H,83,84)/b69-65+,70-66+. The number of hydrogen-bond acceptors (Lipinski definition) is 2. The predicted octanol–water partition coefficient (Wildman–Crippen LogP) is 28.8. The van der Waals surface area contributed by atoms with Crippen LogP contribution >= 0.6 is 0 Å². The molecule has 84 heavy (non-hydrogen) atoms. The van der Waals surface area contributed by atoms with Crippen LogP contribution in [0.5, 0.6) is 0 Å². The molecule has 0 aromatic rings. The van der Waals surface area contributed by atoms with E-state index in [4.69, 9.17) is 0 Å². The van der Waals surface area contributed by atoms with Crippen molar-refractivity contribution in [3.63, 3.8) is 0 Å². The van der Waals surface area contributed by atoms with Gasteiger partial charge in [0, 0.05) is 0 Å². The molecule has 0 bridgehead atoms. The van der Waals surface area contributed by atoms with E-state index in [0.29, 0.717) is 25.7 Å². The van der Waals surface area contributed by atoms with E-state index < -0.39 is 22.8 Å². The van der Waals surface area contributed by atoms with E-state index >= 15 is 0 Å². The smallest absolute Gasteiger partial charge is 0.311 e. The highest BCUT2D eigenvalue weighted by Crippen LogP contribution is 2.53. The topological polar surface area (TPSA) is 74.6 Å². The highest BCUT2D eigenvalue weighted by Gasteiger charge is 2.59. The second kappa shape index (κ2) is 67.4. The van der Waals surface area contributed by atoms with Crippen molar-refractivity contribution >= 4 is 11.9 Å². The molecule has 4 nitrogen and oxygen atoms in total. The van der Waals surface area contributed by atoms with Gasteiger partial charge in [0.2, 0.25) is 0 Å². The minimum Gasteiger partial charge on any atom is -0.481 e. The summed E-state index contributed by atoms with van der Waals surface area (Å²) in [5, 5.41) is 23.3. The fourth-order valence-corrected chi connectivity index (χ4v) is 13.9. The summed E-state index contributed by atoms with van der Waals surface area (Å²) >= 11 is 0. The summed E-state index contributed by atoms with van der Waals surface area (Å²) in [5.74, 6) is -1.76. The Bertz CT molecular complexity index is 1280. The maximum absolute atomic E-state index is 14.2. The lowest BCUT2D eigenvalue weighted by Crippen LogP contribution is -2.52. The molecule has 0 aromatic carbocycles. The van der Waals surface area contributed by atoms with Crippen molar-refractivity contribution in [3.05, 3.63) is 24.3 Å². The average molecular weight is 1180 g/mol. The van der Waals surface area contributed by atoms with Crippen LogP contribution in [0.3, 0.4) is 0 Å². The number of unbranched alkanes of at least 4 members (excludes halogenated alkanes) is 60. The second-order valence-corrected chi connectivity index (χ2v) is 27.7. The average Bonchev–Trinajstić information content (AvgIpc) is 3.23. The zero-order valence-electron chi connectivity index (χ0n) is 58.1. The first kappa shape index (κ1) is 82.4. The van der Waals surface area contributed by atoms with E-state index in [-0.39, 0.29) is 0 Å². The molecule has 0 spiro atoms. The molecule has 0 saturated carbocycles. The SMILES string of the molecule is CCCCCCCCCCCCC/C=C/CC(C/C=C/CCCCCCCCCCCCC)(C(=O)O)C(CCCCCCCCCCCCCCCCCCCCCC)(CCCCCCCCCCCCCCCCCCCCCC)C(=O)O. The van der Waals surface area contributed by atoms with Gasteiger partial charge >= 0.3 is 11.9 Å². The highest BCUT2D eigenvalue weighted by molar-refractivity contribution is 5.87. The summed E-state index contributed by atoms with van der Waals surface area (Å²) in [7, 11) is 0. The second-order valence-electron chi connectivity index (χ2n) is 27.7. The van der Waals surface area contributed by atoms with Crippen LogP contribution in [0.2, 0.25) is 0 Å². The third-order valence-corrected chi connectivity index (χ3v) is 19.9. The molecular weight excluding hydrogens is 1020 g/mol. The predicted molar refractivity (Wildman–Crippen MR) is 375 cm³/mol. The van der Waals surface area contributed by atoms with E-state index in [9.17, 15) is 19.8 Å².